The zero-order valence-electron chi connectivity index (χ0n) is 16.8. The highest BCUT2D eigenvalue weighted by Crippen LogP contribution is 2.40. The first-order valence-electron chi connectivity index (χ1n) is 10.2. The molecule has 0 unspecified atom stereocenters. The van der Waals surface area contributed by atoms with Crippen LogP contribution in [0.3, 0.4) is 0 Å². The molecule has 2 aromatic carbocycles. The lowest BCUT2D eigenvalue weighted by Crippen LogP contribution is -2.43. The zero-order valence-corrected chi connectivity index (χ0v) is 16.8. The number of H-pyrrole nitrogens is 1. The minimum Gasteiger partial charge on any atom is -0.310 e. The van der Waals surface area contributed by atoms with Crippen LogP contribution in [0, 0.1) is 18.4 Å². The predicted octanol–water partition coefficient (Wildman–Crippen LogP) is 3.28. The lowest BCUT2D eigenvalue weighted by atomic mass is 9.95. The van der Waals surface area contributed by atoms with Crippen LogP contribution in [0.15, 0.2) is 42.5 Å². The molecule has 30 heavy (non-hydrogen) atoms. The van der Waals surface area contributed by atoms with Gasteiger partial charge >= 0.3 is 0 Å². The van der Waals surface area contributed by atoms with Gasteiger partial charge in [0.25, 0.3) is 0 Å². The van der Waals surface area contributed by atoms with E-state index in [1.807, 2.05) is 36.1 Å². The van der Waals surface area contributed by atoms with E-state index in [0.29, 0.717) is 18.9 Å². The molecule has 1 N–H and O–H groups in total. The van der Waals surface area contributed by atoms with Gasteiger partial charge in [0.05, 0.1) is 0 Å². The molecule has 5 rings (SSSR count). The van der Waals surface area contributed by atoms with Gasteiger partial charge in [-0.05, 0) is 55.0 Å². The van der Waals surface area contributed by atoms with Gasteiger partial charge in [-0.2, -0.15) is 10.4 Å². The first kappa shape index (κ1) is 18.4. The number of anilines is 1. The highest BCUT2D eigenvalue weighted by atomic mass is 16.2. The third-order valence-corrected chi connectivity index (χ3v) is 5.98. The second kappa shape index (κ2) is 7.30. The third kappa shape index (κ3) is 3.01. The third-order valence-electron chi connectivity index (χ3n) is 5.98. The fourth-order valence-corrected chi connectivity index (χ4v) is 4.53. The molecule has 150 valence electrons. The second-order valence-corrected chi connectivity index (χ2v) is 7.82. The Morgan fingerprint density at radius 1 is 1.20 bits per heavy atom. The van der Waals surface area contributed by atoms with Gasteiger partial charge in [-0.25, -0.2) is 4.98 Å². The van der Waals surface area contributed by atoms with E-state index in [4.69, 9.17) is 0 Å². The number of aryl methyl sites for hydroxylation is 1. The van der Waals surface area contributed by atoms with Crippen LogP contribution in [0.4, 0.5) is 5.69 Å². The van der Waals surface area contributed by atoms with Gasteiger partial charge in [0.2, 0.25) is 5.91 Å². The van der Waals surface area contributed by atoms with Crippen molar-refractivity contribution in [2.75, 3.05) is 18.0 Å². The zero-order chi connectivity index (χ0) is 20.7. The van der Waals surface area contributed by atoms with Crippen molar-refractivity contribution in [1.82, 2.24) is 20.1 Å². The van der Waals surface area contributed by atoms with Gasteiger partial charge in [0.1, 0.15) is 11.9 Å². The van der Waals surface area contributed by atoms with E-state index in [9.17, 15) is 10.1 Å². The first-order valence-corrected chi connectivity index (χ1v) is 10.2. The van der Waals surface area contributed by atoms with E-state index >= 15 is 0 Å². The molecule has 0 saturated carbocycles. The predicted molar refractivity (Wildman–Crippen MR) is 113 cm³/mol. The maximum Gasteiger partial charge on any atom is 0.250 e. The number of aromatic nitrogens is 3. The average Bonchev–Trinajstić information content (AvgIpc) is 3.52. The summed E-state index contributed by atoms with van der Waals surface area (Å²) in [6.07, 6.45) is 4.57. The van der Waals surface area contributed by atoms with Crippen molar-refractivity contribution in [2.24, 2.45) is 0 Å². The van der Waals surface area contributed by atoms with Crippen LogP contribution in [0.25, 0.3) is 22.5 Å². The minimum atomic E-state index is -0.365. The fraction of sp³-hybridized carbons (Fsp3) is 0.304. The number of fused-ring (bicyclic) bond motifs is 1. The molecule has 1 fully saturated rings. The summed E-state index contributed by atoms with van der Waals surface area (Å²) >= 11 is 0. The Kier molecular flexibility index (Phi) is 4.47. The van der Waals surface area contributed by atoms with E-state index in [1.165, 1.54) is 0 Å². The molecule has 0 radical (unpaired) electrons. The Labute approximate surface area is 175 Å². The van der Waals surface area contributed by atoms with Gasteiger partial charge in [-0.15, -0.1) is 0 Å². The summed E-state index contributed by atoms with van der Waals surface area (Å²) in [5.74, 6) is 1.37. The quantitative estimate of drug-likeness (QED) is 0.684. The first-order chi connectivity index (χ1) is 14.7. The summed E-state index contributed by atoms with van der Waals surface area (Å²) in [6.45, 7) is 3.15. The van der Waals surface area contributed by atoms with Crippen LogP contribution in [0.1, 0.15) is 24.2 Å². The Balaban J connectivity index is 1.62. The number of nitriles is 1. The summed E-state index contributed by atoms with van der Waals surface area (Å²) < 4.78 is 0. The Hall–Kier alpha value is -3.66. The summed E-state index contributed by atoms with van der Waals surface area (Å²) in [4.78, 5) is 21.3. The molecule has 2 aliphatic rings. The Bertz CT molecular complexity index is 1150. The summed E-state index contributed by atoms with van der Waals surface area (Å²) in [7, 11) is 0. The summed E-state index contributed by atoms with van der Waals surface area (Å²) in [5.41, 5.74) is 5.15. The number of nitrogens with one attached hydrogen (secondary N) is 1. The molecule has 0 spiro atoms. The number of carbonyl (C=O) groups excluding carboxylic acids is 1. The number of aromatic amines is 1. The molecule has 7 heteroatoms. The summed E-state index contributed by atoms with van der Waals surface area (Å²) in [6, 6.07) is 14.0. The Morgan fingerprint density at radius 2 is 2.03 bits per heavy atom. The van der Waals surface area contributed by atoms with Crippen molar-refractivity contribution in [3.8, 4) is 28.7 Å². The van der Waals surface area contributed by atoms with Gasteiger partial charge in [0, 0.05) is 24.3 Å². The molecule has 1 atom stereocenters. The minimum absolute atomic E-state index is 0.00938. The lowest BCUT2D eigenvalue weighted by Gasteiger charge is -2.25. The number of carbonyl (C=O) groups is 1. The molecular formula is C23H22N6O. The van der Waals surface area contributed by atoms with E-state index in [1.54, 1.807) is 4.90 Å². The van der Waals surface area contributed by atoms with E-state index < -0.39 is 0 Å². The topological polar surface area (TPSA) is 88.9 Å². The molecule has 3 aromatic rings. The number of likely N-dealkylation sites (tertiary alicyclic amines) is 1. The largest absolute Gasteiger partial charge is 0.310 e. The SMILES string of the molecule is Cc1nc(-c2cc(-c3ccccc3)c3c(c2)N(C(=O)[C@@H]2CCCN2C#N)CC3)n[nH]1. The number of benzene rings is 2. The number of hydrogen-bond donors (Lipinski definition) is 1. The molecule has 1 aromatic heterocycles. The van der Waals surface area contributed by atoms with Crippen molar-refractivity contribution in [3.05, 3.63) is 53.9 Å². The monoisotopic (exact) mass is 398 g/mol. The van der Waals surface area contributed by atoms with Crippen molar-refractivity contribution in [2.45, 2.75) is 32.2 Å². The average molecular weight is 398 g/mol. The van der Waals surface area contributed by atoms with Gasteiger partial charge < -0.3 is 4.90 Å². The summed E-state index contributed by atoms with van der Waals surface area (Å²) in [5, 5.41) is 16.6. The number of nitrogens with zero attached hydrogens (tertiary/aromatic N) is 5. The normalized spacial score (nSPS) is 17.8. The molecule has 1 amide bonds. The number of hydrogen-bond acceptors (Lipinski definition) is 5. The van der Waals surface area contributed by atoms with Crippen LogP contribution in [-0.2, 0) is 11.2 Å². The fourth-order valence-electron chi connectivity index (χ4n) is 4.53. The van der Waals surface area contributed by atoms with E-state index in [-0.39, 0.29) is 11.9 Å². The molecule has 0 aliphatic carbocycles. The van der Waals surface area contributed by atoms with Crippen LogP contribution in [-0.4, -0.2) is 45.1 Å². The van der Waals surface area contributed by atoms with Crippen LogP contribution in [0.5, 0.6) is 0 Å². The van der Waals surface area contributed by atoms with Gasteiger partial charge in [-0.1, -0.05) is 30.3 Å². The van der Waals surface area contributed by atoms with Crippen molar-refractivity contribution < 1.29 is 4.79 Å². The molecule has 2 aliphatic heterocycles. The maximum absolute atomic E-state index is 13.4. The highest BCUT2D eigenvalue weighted by molar-refractivity contribution is 6.01. The Morgan fingerprint density at radius 3 is 2.77 bits per heavy atom. The molecule has 0 bridgehead atoms. The standard InChI is InChI=1S/C23H22N6O/c1-15-25-22(27-26-15)17-12-19(16-6-3-2-4-7-16)18-9-11-29(21(18)13-17)23(30)20-8-5-10-28(20)14-24/h2-4,6-7,12-13,20H,5,8-11H2,1H3,(H,25,26,27)/t20-/m0/s1. The second-order valence-electron chi connectivity index (χ2n) is 7.82. The van der Waals surface area contributed by atoms with E-state index in [0.717, 1.165) is 53.0 Å². The van der Waals surface area contributed by atoms with Crippen LogP contribution >= 0.6 is 0 Å². The van der Waals surface area contributed by atoms with E-state index in [2.05, 4.69) is 39.6 Å². The van der Waals surface area contributed by atoms with Crippen molar-refractivity contribution in [3.63, 3.8) is 0 Å². The van der Waals surface area contributed by atoms with Gasteiger partial charge in [-0.3, -0.25) is 14.8 Å². The highest BCUT2D eigenvalue weighted by Gasteiger charge is 2.37. The van der Waals surface area contributed by atoms with Crippen LogP contribution < -0.4 is 4.90 Å². The number of rotatable bonds is 3. The molecule has 1 saturated heterocycles. The lowest BCUT2D eigenvalue weighted by molar-refractivity contribution is -0.121. The maximum atomic E-state index is 13.4. The molecule has 3 heterocycles. The van der Waals surface area contributed by atoms with Crippen molar-refractivity contribution in [1.29, 1.82) is 5.26 Å². The molecular weight excluding hydrogens is 376 g/mol. The van der Waals surface area contributed by atoms with Gasteiger partial charge in [0.15, 0.2) is 12.0 Å². The number of amides is 1. The molecule has 7 nitrogen and oxygen atoms in total. The van der Waals surface area contributed by atoms with Crippen LogP contribution in [0.2, 0.25) is 0 Å². The van der Waals surface area contributed by atoms with Crippen molar-refractivity contribution >= 4 is 11.6 Å². The smallest absolute Gasteiger partial charge is 0.250 e.